The third kappa shape index (κ3) is 3.39. The first-order valence-corrected chi connectivity index (χ1v) is 15.5. The molecule has 0 radical (unpaired) electrons. The largest absolute Gasteiger partial charge is 0.376 e. The average molecular weight is 565 g/mol. The fourth-order valence-electron chi connectivity index (χ4n) is 8.18. The number of fused-ring (bicyclic) bond motifs is 7. The Balaban J connectivity index is 1.39. The van der Waals surface area contributed by atoms with Crippen LogP contribution in [-0.4, -0.2) is 5.11 Å². The zero-order valence-corrected chi connectivity index (χ0v) is 24.9. The monoisotopic (exact) mass is 564 g/mol. The normalized spacial score (nSPS) is 19.3. The van der Waals surface area contributed by atoms with Crippen LogP contribution < -0.4 is 0 Å². The summed E-state index contributed by atoms with van der Waals surface area (Å²) >= 11 is 0. The Bertz CT molecular complexity index is 2290. The molecule has 9 rings (SSSR count). The third-order valence-electron chi connectivity index (χ3n) is 10.4. The lowest BCUT2D eigenvalue weighted by molar-refractivity contribution is 0.120. The Morgan fingerprint density at radius 1 is 0.455 bits per heavy atom. The Labute approximate surface area is 258 Å². The van der Waals surface area contributed by atoms with Gasteiger partial charge in [0.2, 0.25) is 0 Å². The van der Waals surface area contributed by atoms with E-state index in [1.165, 1.54) is 49.5 Å². The molecule has 7 aromatic carbocycles. The molecule has 0 spiro atoms. The van der Waals surface area contributed by atoms with Gasteiger partial charge < -0.3 is 5.11 Å². The molecule has 0 aromatic heterocycles. The van der Waals surface area contributed by atoms with E-state index in [4.69, 9.17) is 0 Å². The highest BCUT2D eigenvalue weighted by molar-refractivity contribution is 5.87. The summed E-state index contributed by atoms with van der Waals surface area (Å²) in [5, 5.41) is 18.1. The summed E-state index contributed by atoms with van der Waals surface area (Å²) in [4.78, 5) is 0. The van der Waals surface area contributed by atoms with Crippen LogP contribution in [0.1, 0.15) is 64.3 Å². The lowest BCUT2D eigenvalue weighted by atomic mass is 9.64. The van der Waals surface area contributed by atoms with Gasteiger partial charge in [0.1, 0.15) is 5.60 Å². The Hall–Kier alpha value is -4.98. The average Bonchev–Trinajstić information content (AvgIpc) is 3.29. The van der Waals surface area contributed by atoms with E-state index in [0.717, 1.165) is 27.6 Å². The van der Waals surface area contributed by atoms with E-state index in [2.05, 4.69) is 159 Å². The Morgan fingerprint density at radius 2 is 1.07 bits per heavy atom. The first-order chi connectivity index (χ1) is 21.4. The van der Waals surface area contributed by atoms with Crippen molar-refractivity contribution in [2.45, 2.75) is 30.8 Å². The van der Waals surface area contributed by atoms with Crippen LogP contribution in [0.3, 0.4) is 0 Å². The molecule has 0 aliphatic heterocycles. The number of aliphatic hydroxyl groups is 1. The number of hydrogen-bond donors (Lipinski definition) is 1. The van der Waals surface area contributed by atoms with Gasteiger partial charge in [0.25, 0.3) is 0 Å². The van der Waals surface area contributed by atoms with Crippen molar-refractivity contribution >= 4 is 21.5 Å². The molecule has 0 saturated carbocycles. The van der Waals surface area contributed by atoms with Crippen molar-refractivity contribution in [1.29, 1.82) is 0 Å². The minimum atomic E-state index is -1.32. The van der Waals surface area contributed by atoms with Gasteiger partial charge in [-0.15, -0.1) is 0 Å². The first-order valence-electron chi connectivity index (χ1n) is 15.5. The van der Waals surface area contributed by atoms with E-state index in [1.807, 2.05) is 0 Å². The van der Waals surface area contributed by atoms with E-state index in [-0.39, 0.29) is 11.3 Å². The molecule has 0 bridgehead atoms. The zero-order chi connectivity index (χ0) is 29.6. The molecular weight excluding hydrogens is 532 g/mol. The molecule has 210 valence electrons. The fourth-order valence-corrected chi connectivity index (χ4v) is 8.18. The number of rotatable bonds is 2. The standard InChI is InChI=1S/C43H32O/c1-42(2)37-17-9-7-15-33(37)35-25-36-40(26-39(35)42)43(44,32-22-21-28-12-4-6-14-30(28)24-32)38-18-10-8-16-34(38)41(36)31-20-19-27-11-3-5-13-29(27)23-31/h3-26,41,44H,1-2H3. The van der Waals surface area contributed by atoms with Crippen LogP contribution in [0, 0.1) is 0 Å². The van der Waals surface area contributed by atoms with Crippen molar-refractivity contribution in [2.75, 3.05) is 0 Å². The smallest absolute Gasteiger partial charge is 0.141 e. The van der Waals surface area contributed by atoms with Gasteiger partial charge in [0.05, 0.1) is 0 Å². The van der Waals surface area contributed by atoms with Crippen LogP contribution in [-0.2, 0) is 11.0 Å². The predicted octanol–water partition coefficient (Wildman–Crippen LogP) is 10.1. The summed E-state index contributed by atoms with van der Waals surface area (Å²) in [6.07, 6.45) is 0. The molecular formula is C43H32O. The van der Waals surface area contributed by atoms with Gasteiger partial charge in [-0.1, -0.05) is 147 Å². The quantitative estimate of drug-likeness (QED) is 0.222. The van der Waals surface area contributed by atoms with Crippen LogP contribution in [0.4, 0.5) is 0 Å². The molecule has 0 heterocycles. The topological polar surface area (TPSA) is 20.2 Å². The molecule has 2 aliphatic carbocycles. The SMILES string of the molecule is CC1(C)c2ccccc2-c2cc3c(cc21)C(O)(c1ccc2ccccc2c1)c1ccccc1C3c1ccc2ccccc2c1. The Morgan fingerprint density at radius 3 is 1.84 bits per heavy atom. The number of benzene rings is 7. The summed E-state index contributed by atoms with van der Waals surface area (Å²) in [6.45, 7) is 4.63. The molecule has 0 fully saturated rings. The maximum absolute atomic E-state index is 13.4. The van der Waals surface area contributed by atoms with Crippen LogP contribution in [0.2, 0.25) is 0 Å². The van der Waals surface area contributed by atoms with Crippen LogP contribution in [0.15, 0.2) is 146 Å². The molecule has 2 atom stereocenters. The van der Waals surface area contributed by atoms with Gasteiger partial charge in [0.15, 0.2) is 0 Å². The molecule has 1 N–H and O–H groups in total. The van der Waals surface area contributed by atoms with Crippen LogP contribution in [0.25, 0.3) is 32.7 Å². The highest BCUT2D eigenvalue weighted by Crippen LogP contribution is 2.56. The van der Waals surface area contributed by atoms with Crippen LogP contribution in [0.5, 0.6) is 0 Å². The maximum atomic E-state index is 13.4. The van der Waals surface area contributed by atoms with E-state index >= 15 is 0 Å². The second kappa shape index (κ2) is 9.02. The Kier molecular flexibility index (Phi) is 5.23. The molecule has 0 saturated heterocycles. The van der Waals surface area contributed by atoms with Crippen LogP contribution >= 0.6 is 0 Å². The summed E-state index contributed by atoms with van der Waals surface area (Å²) < 4.78 is 0. The van der Waals surface area contributed by atoms with E-state index < -0.39 is 5.60 Å². The first kappa shape index (κ1) is 25.5. The zero-order valence-electron chi connectivity index (χ0n) is 24.9. The maximum Gasteiger partial charge on any atom is 0.141 e. The molecule has 2 aliphatic rings. The molecule has 7 aromatic rings. The van der Waals surface area contributed by atoms with Crippen molar-refractivity contribution in [3.63, 3.8) is 0 Å². The van der Waals surface area contributed by atoms with Crippen molar-refractivity contribution in [2.24, 2.45) is 0 Å². The summed E-state index contributed by atoms with van der Waals surface area (Å²) in [6, 6.07) is 52.4. The van der Waals surface area contributed by atoms with Gasteiger partial charge in [-0.25, -0.2) is 0 Å². The van der Waals surface area contributed by atoms with Gasteiger partial charge in [-0.2, -0.15) is 0 Å². The second-order valence-electron chi connectivity index (χ2n) is 13.1. The summed E-state index contributed by atoms with van der Waals surface area (Å²) in [7, 11) is 0. The molecule has 44 heavy (non-hydrogen) atoms. The van der Waals surface area contributed by atoms with Crippen molar-refractivity contribution < 1.29 is 5.11 Å². The van der Waals surface area contributed by atoms with Crippen molar-refractivity contribution in [3.8, 4) is 11.1 Å². The minimum absolute atomic E-state index is 0.0206. The van der Waals surface area contributed by atoms with Gasteiger partial charge in [0, 0.05) is 11.3 Å². The summed E-state index contributed by atoms with van der Waals surface area (Å²) in [5.41, 5.74) is 10.1. The lowest BCUT2D eigenvalue weighted by Gasteiger charge is -2.42. The highest BCUT2D eigenvalue weighted by Gasteiger charge is 2.47. The second-order valence-corrected chi connectivity index (χ2v) is 13.1. The summed E-state index contributed by atoms with van der Waals surface area (Å²) in [5.74, 6) is -0.0206. The third-order valence-corrected chi connectivity index (χ3v) is 10.4. The molecule has 1 heteroatoms. The molecule has 2 unspecified atom stereocenters. The van der Waals surface area contributed by atoms with E-state index in [0.29, 0.717) is 0 Å². The van der Waals surface area contributed by atoms with Crippen molar-refractivity contribution in [1.82, 2.24) is 0 Å². The van der Waals surface area contributed by atoms with E-state index in [1.54, 1.807) is 0 Å². The number of hydrogen-bond acceptors (Lipinski definition) is 1. The van der Waals surface area contributed by atoms with Gasteiger partial charge in [-0.3, -0.25) is 0 Å². The predicted molar refractivity (Wildman–Crippen MR) is 181 cm³/mol. The molecule has 1 nitrogen and oxygen atoms in total. The van der Waals surface area contributed by atoms with E-state index in [9.17, 15) is 5.11 Å². The van der Waals surface area contributed by atoms with Gasteiger partial charge >= 0.3 is 0 Å². The highest BCUT2D eigenvalue weighted by atomic mass is 16.3. The minimum Gasteiger partial charge on any atom is -0.376 e. The molecule has 0 amide bonds. The van der Waals surface area contributed by atoms with Crippen molar-refractivity contribution in [3.05, 3.63) is 190 Å². The van der Waals surface area contributed by atoms with Gasteiger partial charge in [-0.05, 0) is 89.3 Å². The fraction of sp³-hybridized carbons (Fsp3) is 0.116. The lowest BCUT2D eigenvalue weighted by Crippen LogP contribution is -2.36.